The lowest BCUT2D eigenvalue weighted by atomic mass is 10.1. The Balaban J connectivity index is 2.06. The van der Waals surface area contributed by atoms with Crippen molar-refractivity contribution in [2.45, 2.75) is 25.0 Å². The van der Waals surface area contributed by atoms with E-state index in [1.54, 1.807) is 0 Å². The van der Waals surface area contributed by atoms with Gasteiger partial charge in [0.1, 0.15) is 5.75 Å². The maximum absolute atomic E-state index is 5.78. The summed E-state index contributed by atoms with van der Waals surface area (Å²) in [6.07, 6.45) is 2.80. The standard InChI is InChI=1S/C13H21N3O/c1-16(2)9-13(15-14)10-4-3-5-12(8-10)17-11-6-7-11/h3-5,8,11,13,15H,6-7,9,14H2,1-2H3. The van der Waals surface area contributed by atoms with Gasteiger partial charge in [-0.2, -0.15) is 0 Å². The van der Waals surface area contributed by atoms with Crippen LogP contribution >= 0.6 is 0 Å². The SMILES string of the molecule is CN(C)CC(NN)c1cccc(OC2CC2)c1. The van der Waals surface area contributed by atoms with Gasteiger partial charge in [0.05, 0.1) is 12.1 Å². The molecule has 2 rings (SSSR count). The van der Waals surface area contributed by atoms with Crippen LogP contribution < -0.4 is 16.0 Å². The zero-order chi connectivity index (χ0) is 12.3. The fraction of sp³-hybridized carbons (Fsp3) is 0.538. The quantitative estimate of drug-likeness (QED) is 0.576. The molecule has 0 spiro atoms. The molecule has 3 N–H and O–H groups in total. The van der Waals surface area contributed by atoms with Gasteiger partial charge < -0.3 is 9.64 Å². The highest BCUT2D eigenvalue weighted by Gasteiger charge is 2.23. The van der Waals surface area contributed by atoms with Crippen LogP contribution in [0.15, 0.2) is 24.3 Å². The first-order valence-electron chi connectivity index (χ1n) is 6.06. The van der Waals surface area contributed by atoms with E-state index in [4.69, 9.17) is 10.6 Å². The molecule has 1 unspecified atom stereocenters. The molecule has 1 aromatic rings. The predicted molar refractivity (Wildman–Crippen MR) is 68.7 cm³/mol. The first-order chi connectivity index (χ1) is 8.19. The summed E-state index contributed by atoms with van der Waals surface area (Å²) >= 11 is 0. The Kier molecular flexibility index (Phi) is 3.99. The maximum atomic E-state index is 5.78. The third kappa shape index (κ3) is 3.70. The first-order valence-corrected chi connectivity index (χ1v) is 6.06. The first kappa shape index (κ1) is 12.4. The van der Waals surface area contributed by atoms with Gasteiger partial charge in [-0.15, -0.1) is 0 Å². The molecule has 0 aliphatic heterocycles. The number of benzene rings is 1. The van der Waals surface area contributed by atoms with Crippen molar-refractivity contribution in [3.05, 3.63) is 29.8 Å². The van der Waals surface area contributed by atoms with Crippen LogP contribution in [-0.4, -0.2) is 31.6 Å². The Morgan fingerprint density at radius 2 is 2.24 bits per heavy atom. The molecule has 1 aliphatic rings. The highest BCUT2D eigenvalue weighted by molar-refractivity contribution is 5.31. The summed E-state index contributed by atoms with van der Waals surface area (Å²) in [5, 5.41) is 0. The molecule has 0 saturated heterocycles. The molecule has 1 aromatic carbocycles. The minimum Gasteiger partial charge on any atom is -0.490 e. The summed E-state index contributed by atoms with van der Waals surface area (Å²) in [5.74, 6) is 6.55. The molecule has 4 nitrogen and oxygen atoms in total. The third-order valence-corrected chi connectivity index (χ3v) is 2.84. The molecule has 0 heterocycles. The Hall–Kier alpha value is -1.10. The van der Waals surface area contributed by atoms with Crippen molar-refractivity contribution in [1.82, 2.24) is 10.3 Å². The van der Waals surface area contributed by atoms with E-state index >= 15 is 0 Å². The van der Waals surface area contributed by atoms with Crippen molar-refractivity contribution in [2.75, 3.05) is 20.6 Å². The number of nitrogens with one attached hydrogen (secondary N) is 1. The molecule has 1 atom stereocenters. The van der Waals surface area contributed by atoms with Gasteiger partial charge in [-0.25, -0.2) is 0 Å². The highest BCUT2D eigenvalue weighted by atomic mass is 16.5. The number of hydrogen-bond acceptors (Lipinski definition) is 4. The smallest absolute Gasteiger partial charge is 0.120 e. The van der Waals surface area contributed by atoms with Crippen molar-refractivity contribution in [2.24, 2.45) is 5.84 Å². The van der Waals surface area contributed by atoms with Crippen LogP contribution in [-0.2, 0) is 0 Å². The van der Waals surface area contributed by atoms with Crippen LogP contribution in [0.1, 0.15) is 24.4 Å². The van der Waals surface area contributed by atoms with Crippen LogP contribution in [0.25, 0.3) is 0 Å². The number of nitrogens with zero attached hydrogens (tertiary/aromatic N) is 1. The summed E-state index contributed by atoms with van der Waals surface area (Å²) in [5.41, 5.74) is 4.01. The number of hydrazine groups is 1. The maximum Gasteiger partial charge on any atom is 0.120 e. The second-order valence-electron chi connectivity index (χ2n) is 4.87. The minimum atomic E-state index is 0.132. The van der Waals surface area contributed by atoms with Crippen LogP contribution in [0.2, 0.25) is 0 Å². The molecule has 0 aromatic heterocycles. The molecule has 17 heavy (non-hydrogen) atoms. The molecule has 4 heteroatoms. The number of rotatable bonds is 6. The normalized spacial score (nSPS) is 17.2. The second kappa shape index (κ2) is 5.49. The molecule has 1 saturated carbocycles. The van der Waals surface area contributed by atoms with Gasteiger partial charge in [-0.3, -0.25) is 11.3 Å². The fourth-order valence-corrected chi connectivity index (χ4v) is 1.80. The van der Waals surface area contributed by atoms with E-state index in [0.717, 1.165) is 12.3 Å². The van der Waals surface area contributed by atoms with Gasteiger partial charge in [0, 0.05) is 6.54 Å². The van der Waals surface area contributed by atoms with Gasteiger partial charge in [-0.1, -0.05) is 12.1 Å². The molecule has 1 fully saturated rings. The zero-order valence-corrected chi connectivity index (χ0v) is 10.5. The average Bonchev–Trinajstić information content (AvgIpc) is 3.10. The number of nitrogens with two attached hydrogens (primary N) is 1. The number of ether oxygens (including phenoxy) is 1. The lowest BCUT2D eigenvalue weighted by Gasteiger charge is -2.21. The van der Waals surface area contributed by atoms with Gasteiger partial charge in [0.2, 0.25) is 0 Å². The average molecular weight is 235 g/mol. The second-order valence-corrected chi connectivity index (χ2v) is 4.87. The van der Waals surface area contributed by atoms with E-state index < -0.39 is 0 Å². The monoisotopic (exact) mass is 235 g/mol. The Labute approximate surface area is 103 Å². The molecule has 1 aliphatic carbocycles. The van der Waals surface area contributed by atoms with E-state index in [1.165, 1.54) is 18.4 Å². The van der Waals surface area contributed by atoms with Crippen LogP contribution in [0.3, 0.4) is 0 Å². The molecule has 94 valence electrons. The van der Waals surface area contributed by atoms with Crippen molar-refractivity contribution in [3.8, 4) is 5.75 Å². The summed E-state index contributed by atoms with van der Waals surface area (Å²) in [7, 11) is 4.07. The highest BCUT2D eigenvalue weighted by Crippen LogP contribution is 2.28. The van der Waals surface area contributed by atoms with Crippen molar-refractivity contribution in [1.29, 1.82) is 0 Å². The summed E-state index contributed by atoms with van der Waals surface area (Å²) < 4.78 is 5.78. The molecule has 0 amide bonds. The summed E-state index contributed by atoms with van der Waals surface area (Å²) in [6.45, 7) is 0.864. The number of likely N-dealkylation sites (N-methyl/N-ethyl adjacent to an activating group) is 1. The molecule has 0 bridgehead atoms. The van der Waals surface area contributed by atoms with Crippen molar-refractivity contribution in [3.63, 3.8) is 0 Å². The van der Waals surface area contributed by atoms with Crippen LogP contribution in [0, 0.1) is 0 Å². The molecular formula is C13H21N3O. The zero-order valence-electron chi connectivity index (χ0n) is 10.5. The number of hydrogen-bond donors (Lipinski definition) is 2. The van der Waals surface area contributed by atoms with Gasteiger partial charge >= 0.3 is 0 Å². The van der Waals surface area contributed by atoms with E-state index in [9.17, 15) is 0 Å². The van der Waals surface area contributed by atoms with Crippen molar-refractivity contribution >= 4 is 0 Å². The van der Waals surface area contributed by atoms with E-state index in [1.807, 2.05) is 26.2 Å². The summed E-state index contributed by atoms with van der Waals surface area (Å²) in [6, 6.07) is 8.31. The molecular weight excluding hydrogens is 214 g/mol. The summed E-state index contributed by atoms with van der Waals surface area (Å²) in [4.78, 5) is 2.11. The Morgan fingerprint density at radius 1 is 1.47 bits per heavy atom. The van der Waals surface area contributed by atoms with Crippen LogP contribution in [0.4, 0.5) is 0 Å². The lowest BCUT2D eigenvalue weighted by Crippen LogP contribution is -2.35. The third-order valence-electron chi connectivity index (χ3n) is 2.84. The largest absolute Gasteiger partial charge is 0.490 e. The fourth-order valence-electron chi connectivity index (χ4n) is 1.80. The van der Waals surface area contributed by atoms with Crippen LogP contribution in [0.5, 0.6) is 5.75 Å². The topological polar surface area (TPSA) is 50.5 Å². The van der Waals surface area contributed by atoms with Gasteiger partial charge in [-0.05, 0) is 44.6 Å². The lowest BCUT2D eigenvalue weighted by molar-refractivity contribution is 0.301. The minimum absolute atomic E-state index is 0.132. The van der Waals surface area contributed by atoms with Crippen molar-refractivity contribution < 1.29 is 4.74 Å². The molecule has 0 radical (unpaired) electrons. The Bertz CT molecular complexity index is 363. The van der Waals surface area contributed by atoms with Gasteiger partial charge in [0.15, 0.2) is 0 Å². The van der Waals surface area contributed by atoms with E-state index in [0.29, 0.717) is 6.10 Å². The van der Waals surface area contributed by atoms with E-state index in [-0.39, 0.29) is 6.04 Å². The van der Waals surface area contributed by atoms with Gasteiger partial charge in [0.25, 0.3) is 0 Å². The Morgan fingerprint density at radius 3 is 2.82 bits per heavy atom. The van der Waals surface area contributed by atoms with E-state index in [2.05, 4.69) is 22.5 Å². The predicted octanol–water partition coefficient (Wildman–Crippen LogP) is 1.29.